The molecule has 0 fully saturated rings. The van der Waals surface area contributed by atoms with Crippen LogP contribution < -0.4 is 4.74 Å². The maximum Gasteiger partial charge on any atom is 0.338 e. The predicted molar refractivity (Wildman–Crippen MR) is 82.8 cm³/mol. The quantitative estimate of drug-likeness (QED) is 0.794. The third-order valence-electron chi connectivity index (χ3n) is 3.32. The molecular formula is C15H17BrN2O3. The third kappa shape index (κ3) is 3.10. The number of ether oxygens (including phenoxy) is 2. The topological polar surface area (TPSA) is 53.3 Å². The lowest BCUT2D eigenvalue weighted by Gasteiger charge is -2.10. The maximum absolute atomic E-state index is 11.9. The van der Waals surface area contributed by atoms with Crippen LogP contribution in [0.15, 0.2) is 22.7 Å². The summed E-state index contributed by atoms with van der Waals surface area (Å²) in [5.41, 5.74) is 3.25. The first-order chi connectivity index (χ1) is 9.97. The van der Waals surface area contributed by atoms with E-state index in [9.17, 15) is 4.79 Å². The van der Waals surface area contributed by atoms with E-state index in [0.29, 0.717) is 17.9 Å². The molecule has 1 aromatic carbocycles. The van der Waals surface area contributed by atoms with Gasteiger partial charge >= 0.3 is 5.97 Å². The Morgan fingerprint density at radius 3 is 2.71 bits per heavy atom. The number of halogens is 1. The molecule has 0 N–H and O–H groups in total. The Morgan fingerprint density at radius 2 is 2.10 bits per heavy atom. The monoisotopic (exact) mass is 352 g/mol. The van der Waals surface area contributed by atoms with Crippen molar-refractivity contribution < 1.29 is 14.3 Å². The van der Waals surface area contributed by atoms with Crippen molar-refractivity contribution in [1.82, 2.24) is 9.78 Å². The van der Waals surface area contributed by atoms with E-state index in [4.69, 9.17) is 9.47 Å². The molecule has 0 saturated heterocycles. The minimum Gasteiger partial charge on any atom is -0.481 e. The predicted octanol–water partition coefficient (Wildman–Crippen LogP) is 2.88. The standard InChI is InChI=1S/C15H17BrN2O3/c1-9-13(14(20-3)18(2)17-9)8-10-7-11(16)5-6-12(10)15(19)21-4/h5-7H,8H2,1-4H3. The number of aromatic nitrogens is 2. The third-order valence-corrected chi connectivity index (χ3v) is 3.82. The molecule has 5 nitrogen and oxygen atoms in total. The Hall–Kier alpha value is -1.82. The van der Waals surface area contributed by atoms with Crippen LogP contribution >= 0.6 is 15.9 Å². The first-order valence-corrected chi connectivity index (χ1v) is 7.20. The number of carbonyl (C=O) groups is 1. The SMILES string of the molecule is COC(=O)c1ccc(Br)cc1Cc1c(C)nn(C)c1OC. The van der Waals surface area contributed by atoms with Crippen molar-refractivity contribution in [3.63, 3.8) is 0 Å². The van der Waals surface area contributed by atoms with E-state index in [1.165, 1.54) is 7.11 Å². The number of rotatable bonds is 4. The van der Waals surface area contributed by atoms with Crippen LogP contribution in [-0.4, -0.2) is 30.0 Å². The number of aryl methyl sites for hydroxylation is 2. The summed E-state index contributed by atoms with van der Waals surface area (Å²) in [6.07, 6.45) is 0.548. The van der Waals surface area contributed by atoms with Gasteiger partial charge in [0.2, 0.25) is 5.88 Å². The second kappa shape index (κ2) is 6.30. The van der Waals surface area contributed by atoms with Crippen LogP contribution in [0.1, 0.15) is 27.2 Å². The van der Waals surface area contributed by atoms with Gasteiger partial charge in [-0.3, -0.25) is 0 Å². The van der Waals surface area contributed by atoms with Crippen molar-refractivity contribution >= 4 is 21.9 Å². The van der Waals surface area contributed by atoms with Gasteiger partial charge < -0.3 is 9.47 Å². The fraction of sp³-hybridized carbons (Fsp3) is 0.333. The summed E-state index contributed by atoms with van der Waals surface area (Å²) in [4.78, 5) is 11.9. The fourth-order valence-electron chi connectivity index (χ4n) is 2.35. The Balaban J connectivity index is 2.49. The largest absolute Gasteiger partial charge is 0.481 e. The number of nitrogens with zero attached hydrogens (tertiary/aromatic N) is 2. The van der Waals surface area contributed by atoms with Gasteiger partial charge in [-0.15, -0.1) is 0 Å². The molecule has 0 aliphatic carbocycles. The fourth-order valence-corrected chi connectivity index (χ4v) is 2.76. The average molecular weight is 353 g/mol. The van der Waals surface area contributed by atoms with E-state index < -0.39 is 0 Å². The molecule has 0 amide bonds. The lowest BCUT2D eigenvalue weighted by Crippen LogP contribution is -2.07. The summed E-state index contributed by atoms with van der Waals surface area (Å²) in [6.45, 7) is 1.92. The van der Waals surface area contributed by atoms with Gasteiger partial charge in [0.05, 0.1) is 25.5 Å². The van der Waals surface area contributed by atoms with Crippen molar-refractivity contribution in [2.75, 3.05) is 14.2 Å². The normalized spacial score (nSPS) is 10.5. The van der Waals surface area contributed by atoms with Crippen molar-refractivity contribution in [2.45, 2.75) is 13.3 Å². The van der Waals surface area contributed by atoms with E-state index in [0.717, 1.165) is 21.3 Å². The molecule has 0 atom stereocenters. The number of hydrogen-bond acceptors (Lipinski definition) is 4. The minimum absolute atomic E-state index is 0.349. The smallest absolute Gasteiger partial charge is 0.338 e. The molecule has 2 aromatic rings. The summed E-state index contributed by atoms with van der Waals surface area (Å²) < 4.78 is 12.8. The number of hydrogen-bond donors (Lipinski definition) is 0. The van der Waals surface area contributed by atoms with Crippen molar-refractivity contribution in [1.29, 1.82) is 0 Å². The lowest BCUT2D eigenvalue weighted by atomic mass is 10.00. The minimum atomic E-state index is -0.349. The highest BCUT2D eigenvalue weighted by atomic mass is 79.9. The second-order valence-corrected chi connectivity index (χ2v) is 5.58. The number of carbonyl (C=O) groups excluding carboxylic acids is 1. The molecule has 112 valence electrons. The van der Waals surface area contributed by atoms with E-state index in [1.807, 2.05) is 26.1 Å². The van der Waals surface area contributed by atoms with Crippen LogP contribution in [0.3, 0.4) is 0 Å². The molecule has 6 heteroatoms. The maximum atomic E-state index is 11.9. The van der Waals surface area contributed by atoms with E-state index in [2.05, 4.69) is 21.0 Å². The van der Waals surface area contributed by atoms with Crippen LogP contribution in [0.5, 0.6) is 5.88 Å². The van der Waals surface area contributed by atoms with Gasteiger partial charge in [0, 0.05) is 23.5 Å². The first-order valence-electron chi connectivity index (χ1n) is 6.41. The zero-order valence-electron chi connectivity index (χ0n) is 12.4. The highest BCUT2D eigenvalue weighted by Crippen LogP contribution is 2.27. The summed E-state index contributed by atoms with van der Waals surface area (Å²) in [5.74, 6) is 0.348. The molecular weight excluding hydrogens is 336 g/mol. The average Bonchev–Trinajstić information content (AvgIpc) is 2.72. The molecule has 1 aromatic heterocycles. The van der Waals surface area contributed by atoms with E-state index >= 15 is 0 Å². The van der Waals surface area contributed by atoms with Crippen LogP contribution in [0.4, 0.5) is 0 Å². The van der Waals surface area contributed by atoms with Gasteiger partial charge in [-0.2, -0.15) is 5.10 Å². The zero-order valence-corrected chi connectivity index (χ0v) is 14.0. The van der Waals surface area contributed by atoms with Gasteiger partial charge in [-0.05, 0) is 30.7 Å². The van der Waals surface area contributed by atoms with Crippen molar-refractivity contribution in [3.05, 3.63) is 45.1 Å². The molecule has 0 radical (unpaired) electrons. The lowest BCUT2D eigenvalue weighted by molar-refractivity contribution is 0.0599. The van der Waals surface area contributed by atoms with E-state index in [1.54, 1.807) is 17.9 Å². The summed E-state index contributed by atoms with van der Waals surface area (Å²) in [6, 6.07) is 5.49. The van der Waals surface area contributed by atoms with Crippen LogP contribution in [0.25, 0.3) is 0 Å². The Labute approximate surface area is 132 Å². The molecule has 2 rings (SSSR count). The molecule has 0 saturated carbocycles. The molecule has 0 aliphatic heterocycles. The molecule has 0 bridgehead atoms. The van der Waals surface area contributed by atoms with Gasteiger partial charge in [0.1, 0.15) is 0 Å². The van der Waals surface area contributed by atoms with Gasteiger partial charge in [-0.1, -0.05) is 15.9 Å². The molecule has 0 aliphatic rings. The van der Waals surface area contributed by atoms with Crippen molar-refractivity contribution in [2.24, 2.45) is 7.05 Å². The Morgan fingerprint density at radius 1 is 1.38 bits per heavy atom. The molecule has 21 heavy (non-hydrogen) atoms. The zero-order chi connectivity index (χ0) is 15.6. The number of esters is 1. The second-order valence-electron chi connectivity index (χ2n) is 4.67. The van der Waals surface area contributed by atoms with Gasteiger partial charge in [0.15, 0.2) is 0 Å². The molecule has 1 heterocycles. The van der Waals surface area contributed by atoms with Gasteiger partial charge in [-0.25, -0.2) is 9.48 Å². The first kappa shape index (κ1) is 15.6. The number of benzene rings is 1. The highest BCUT2D eigenvalue weighted by molar-refractivity contribution is 9.10. The molecule has 0 spiro atoms. The summed E-state index contributed by atoms with van der Waals surface area (Å²) in [7, 11) is 4.82. The number of methoxy groups -OCH3 is 2. The van der Waals surface area contributed by atoms with Crippen LogP contribution in [-0.2, 0) is 18.2 Å². The van der Waals surface area contributed by atoms with E-state index in [-0.39, 0.29) is 5.97 Å². The van der Waals surface area contributed by atoms with Gasteiger partial charge in [0.25, 0.3) is 0 Å². The van der Waals surface area contributed by atoms with Crippen molar-refractivity contribution in [3.8, 4) is 5.88 Å². The Bertz CT molecular complexity index is 680. The molecule has 0 unspecified atom stereocenters. The summed E-state index contributed by atoms with van der Waals surface area (Å²) in [5, 5.41) is 4.36. The van der Waals surface area contributed by atoms with Crippen LogP contribution in [0.2, 0.25) is 0 Å². The summed E-state index contributed by atoms with van der Waals surface area (Å²) >= 11 is 3.44. The highest BCUT2D eigenvalue weighted by Gasteiger charge is 2.18. The van der Waals surface area contributed by atoms with Crippen LogP contribution in [0, 0.1) is 6.92 Å². The Kier molecular flexibility index (Phi) is 4.67.